The summed E-state index contributed by atoms with van der Waals surface area (Å²) in [4.78, 5) is 9.98. The van der Waals surface area contributed by atoms with Gasteiger partial charge < -0.3 is 19.7 Å². The Kier molecular flexibility index (Phi) is 9.72. The van der Waals surface area contributed by atoms with Crippen LogP contribution < -0.4 is 5.32 Å². The number of likely N-dealkylation sites (tertiary alicyclic amines) is 2. The number of rotatable bonds is 9. The van der Waals surface area contributed by atoms with Crippen molar-refractivity contribution in [3.8, 4) is 0 Å². The SMILES string of the molecule is CCNC(=NCC(C)N1CCCC(C)C1)N1CCC(COCCOC)C1. The number of aliphatic imine (C=N–C) groups is 1. The van der Waals surface area contributed by atoms with E-state index < -0.39 is 0 Å². The van der Waals surface area contributed by atoms with Crippen molar-refractivity contribution in [2.24, 2.45) is 16.8 Å². The molecule has 3 atom stereocenters. The summed E-state index contributed by atoms with van der Waals surface area (Å²) in [6, 6.07) is 0.516. The van der Waals surface area contributed by atoms with Crippen molar-refractivity contribution in [3.63, 3.8) is 0 Å². The fourth-order valence-corrected chi connectivity index (χ4v) is 3.94. The van der Waals surface area contributed by atoms with E-state index in [1.165, 1.54) is 32.4 Å². The molecule has 26 heavy (non-hydrogen) atoms. The lowest BCUT2D eigenvalue weighted by atomic mass is 9.99. The highest BCUT2D eigenvalue weighted by Gasteiger charge is 2.26. The van der Waals surface area contributed by atoms with Crippen LogP contribution in [0.2, 0.25) is 0 Å². The third kappa shape index (κ3) is 7.05. The van der Waals surface area contributed by atoms with E-state index in [0.29, 0.717) is 25.2 Å². The summed E-state index contributed by atoms with van der Waals surface area (Å²) in [5, 5.41) is 3.49. The molecule has 0 aromatic rings. The summed E-state index contributed by atoms with van der Waals surface area (Å²) in [5.41, 5.74) is 0. The predicted octanol–water partition coefficient (Wildman–Crippen LogP) is 2.06. The summed E-state index contributed by atoms with van der Waals surface area (Å²) in [6.45, 7) is 15.4. The van der Waals surface area contributed by atoms with Crippen molar-refractivity contribution in [1.82, 2.24) is 15.1 Å². The maximum atomic E-state index is 5.71. The van der Waals surface area contributed by atoms with Gasteiger partial charge in [-0.1, -0.05) is 6.92 Å². The maximum absolute atomic E-state index is 5.71. The zero-order valence-corrected chi connectivity index (χ0v) is 17.4. The van der Waals surface area contributed by atoms with Gasteiger partial charge in [-0.3, -0.25) is 9.89 Å². The molecule has 0 aromatic carbocycles. The lowest BCUT2D eigenvalue weighted by molar-refractivity contribution is 0.0536. The van der Waals surface area contributed by atoms with Crippen LogP contribution in [-0.4, -0.2) is 88.0 Å². The minimum absolute atomic E-state index is 0.516. The normalized spacial score (nSPS) is 26.3. The number of methoxy groups -OCH3 is 1. The van der Waals surface area contributed by atoms with Crippen LogP contribution in [0.5, 0.6) is 0 Å². The van der Waals surface area contributed by atoms with Gasteiger partial charge in [-0.05, 0) is 45.6 Å². The summed E-state index contributed by atoms with van der Waals surface area (Å²) in [6.07, 6.45) is 3.87. The van der Waals surface area contributed by atoms with E-state index >= 15 is 0 Å². The molecule has 2 fully saturated rings. The molecule has 2 heterocycles. The largest absolute Gasteiger partial charge is 0.382 e. The lowest BCUT2D eigenvalue weighted by Crippen LogP contribution is -2.44. The number of nitrogens with zero attached hydrogens (tertiary/aromatic N) is 3. The number of hydrogen-bond donors (Lipinski definition) is 1. The van der Waals surface area contributed by atoms with Crippen molar-refractivity contribution in [3.05, 3.63) is 0 Å². The second-order valence-electron chi connectivity index (χ2n) is 7.95. The summed E-state index contributed by atoms with van der Waals surface area (Å²) < 4.78 is 10.8. The van der Waals surface area contributed by atoms with Crippen LogP contribution in [0.1, 0.15) is 40.0 Å². The van der Waals surface area contributed by atoms with Gasteiger partial charge in [-0.2, -0.15) is 0 Å². The van der Waals surface area contributed by atoms with Gasteiger partial charge in [-0.15, -0.1) is 0 Å². The molecule has 6 heteroatoms. The molecule has 1 N–H and O–H groups in total. The maximum Gasteiger partial charge on any atom is 0.193 e. The van der Waals surface area contributed by atoms with E-state index in [9.17, 15) is 0 Å². The Bertz CT molecular complexity index is 419. The van der Waals surface area contributed by atoms with Gasteiger partial charge in [0.15, 0.2) is 5.96 Å². The molecule has 0 radical (unpaired) electrons. The zero-order chi connectivity index (χ0) is 18.8. The molecule has 0 bridgehead atoms. The monoisotopic (exact) mass is 368 g/mol. The molecule has 2 aliphatic heterocycles. The Balaban J connectivity index is 1.80. The van der Waals surface area contributed by atoms with Crippen molar-refractivity contribution < 1.29 is 9.47 Å². The van der Waals surface area contributed by atoms with Gasteiger partial charge in [-0.25, -0.2) is 0 Å². The van der Waals surface area contributed by atoms with Crippen LogP contribution in [-0.2, 0) is 9.47 Å². The first kappa shape index (κ1) is 21.5. The fraction of sp³-hybridized carbons (Fsp3) is 0.950. The molecule has 2 aliphatic rings. The predicted molar refractivity (Wildman–Crippen MR) is 108 cm³/mol. The Hall–Kier alpha value is -0.850. The highest BCUT2D eigenvalue weighted by molar-refractivity contribution is 5.80. The molecule has 0 spiro atoms. The van der Waals surface area contributed by atoms with Crippen molar-refractivity contribution in [2.75, 3.05) is 66.2 Å². The molecule has 0 aromatic heterocycles. The average molecular weight is 369 g/mol. The molecule has 0 amide bonds. The lowest BCUT2D eigenvalue weighted by Gasteiger charge is -2.35. The summed E-state index contributed by atoms with van der Waals surface area (Å²) in [5.74, 6) is 2.49. The highest BCUT2D eigenvalue weighted by atomic mass is 16.5. The summed E-state index contributed by atoms with van der Waals surface area (Å²) in [7, 11) is 1.71. The van der Waals surface area contributed by atoms with E-state index in [0.717, 1.165) is 44.7 Å². The van der Waals surface area contributed by atoms with E-state index in [4.69, 9.17) is 14.5 Å². The van der Waals surface area contributed by atoms with Crippen molar-refractivity contribution in [2.45, 2.75) is 46.1 Å². The number of piperidine rings is 1. The van der Waals surface area contributed by atoms with Gasteiger partial charge in [0.1, 0.15) is 0 Å². The molecule has 2 rings (SSSR count). The minimum Gasteiger partial charge on any atom is -0.382 e. The molecule has 0 aliphatic carbocycles. The molecular weight excluding hydrogens is 328 g/mol. The quantitative estimate of drug-likeness (QED) is 0.383. The fourth-order valence-electron chi connectivity index (χ4n) is 3.94. The van der Waals surface area contributed by atoms with E-state index in [1.54, 1.807) is 7.11 Å². The smallest absolute Gasteiger partial charge is 0.193 e. The topological polar surface area (TPSA) is 49.3 Å². The molecule has 6 nitrogen and oxygen atoms in total. The van der Waals surface area contributed by atoms with Gasteiger partial charge in [0.2, 0.25) is 0 Å². The highest BCUT2D eigenvalue weighted by Crippen LogP contribution is 2.19. The van der Waals surface area contributed by atoms with Crippen LogP contribution in [0.25, 0.3) is 0 Å². The van der Waals surface area contributed by atoms with Gasteiger partial charge in [0.25, 0.3) is 0 Å². The van der Waals surface area contributed by atoms with Gasteiger partial charge in [0.05, 0.1) is 26.4 Å². The Morgan fingerprint density at radius 3 is 2.81 bits per heavy atom. The zero-order valence-electron chi connectivity index (χ0n) is 17.4. The second kappa shape index (κ2) is 11.8. The van der Waals surface area contributed by atoms with Gasteiger partial charge >= 0.3 is 0 Å². The Labute approximate surface area is 160 Å². The van der Waals surface area contributed by atoms with E-state index in [1.807, 2.05) is 0 Å². The van der Waals surface area contributed by atoms with Crippen LogP contribution in [0, 0.1) is 11.8 Å². The first-order valence-electron chi connectivity index (χ1n) is 10.5. The van der Waals surface area contributed by atoms with Crippen molar-refractivity contribution >= 4 is 5.96 Å². The van der Waals surface area contributed by atoms with Crippen LogP contribution in [0.4, 0.5) is 0 Å². The Morgan fingerprint density at radius 1 is 1.23 bits per heavy atom. The Morgan fingerprint density at radius 2 is 2.08 bits per heavy atom. The third-order valence-electron chi connectivity index (χ3n) is 5.52. The van der Waals surface area contributed by atoms with Crippen LogP contribution in [0.3, 0.4) is 0 Å². The minimum atomic E-state index is 0.516. The number of hydrogen-bond acceptors (Lipinski definition) is 4. The first-order valence-corrected chi connectivity index (χ1v) is 10.5. The molecule has 3 unspecified atom stereocenters. The van der Waals surface area contributed by atoms with E-state index in [-0.39, 0.29) is 0 Å². The summed E-state index contributed by atoms with van der Waals surface area (Å²) >= 11 is 0. The standard InChI is InChI=1S/C20H40N4O2/c1-5-21-20(22-13-18(3)23-9-6-7-17(2)14-23)24-10-8-19(15-24)16-26-12-11-25-4/h17-19H,5-16H2,1-4H3,(H,21,22). The van der Waals surface area contributed by atoms with E-state index in [2.05, 4.69) is 35.9 Å². The molecule has 0 saturated carbocycles. The third-order valence-corrected chi connectivity index (χ3v) is 5.52. The molecular formula is C20H40N4O2. The number of nitrogens with one attached hydrogen (secondary N) is 1. The van der Waals surface area contributed by atoms with Crippen LogP contribution in [0.15, 0.2) is 4.99 Å². The first-order chi connectivity index (χ1) is 12.6. The molecule has 152 valence electrons. The van der Waals surface area contributed by atoms with Crippen molar-refractivity contribution in [1.29, 1.82) is 0 Å². The number of ether oxygens (including phenoxy) is 2. The van der Waals surface area contributed by atoms with Crippen LogP contribution >= 0.6 is 0 Å². The molecule has 2 saturated heterocycles. The second-order valence-corrected chi connectivity index (χ2v) is 7.95. The average Bonchev–Trinajstić information content (AvgIpc) is 3.11. The number of guanidine groups is 1. The van der Waals surface area contributed by atoms with Gasteiger partial charge in [0, 0.05) is 45.2 Å².